The molecule has 0 spiro atoms. The number of carbonyl (C=O) groups is 3. The maximum absolute atomic E-state index is 13.0. The van der Waals surface area contributed by atoms with Crippen LogP contribution in [0, 0.1) is 0 Å². The van der Waals surface area contributed by atoms with Crippen molar-refractivity contribution in [3.05, 3.63) is 63.0 Å². The van der Waals surface area contributed by atoms with E-state index in [-0.39, 0.29) is 21.5 Å². The van der Waals surface area contributed by atoms with Gasteiger partial charge in [0, 0.05) is 21.8 Å². The second-order valence-corrected chi connectivity index (χ2v) is 11.7. The van der Waals surface area contributed by atoms with E-state index in [9.17, 15) is 19.5 Å². The molecule has 3 amide bonds. The molecule has 0 unspecified atom stereocenters. The maximum atomic E-state index is 13.0. The lowest BCUT2D eigenvalue weighted by Crippen LogP contribution is -2.36. The molecule has 0 aliphatic carbocycles. The zero-order valence-corrected chi connectivity index (χ0v) is 21.7. The predicted octanol–water partition coefficient (Wildman–Crippen LogP) is 6.32. The molecule has 1 aliphatic rings. The highest BCUT2D eigenvalue weighted by atomic mass is 35.5. The fourth-order valence-corrected chi connectivity index (χ4v) is 4.61. The fraction of sp³-hybridized carbons (Fsp3) is 0.346. The van der Waals surface area contributed by atoms with Gasteiger partial charge >= 0.3 is 0 Å². The van der Waals surface area contributed by atoms with E-state index in [1.807, 2.05) is 53.7 Å². The van der Waals surface area contributed by atoms with Crippen LogP contribution in [0.3, 0.4) is 0 Å². The highest BCUT2D eigenvalue weighted by Gasteiger charge is 2.36. The number of hydrogen-bond acceptors (Lipinski definition) is 5. The first-order valence-corrected chi connectivity index (χ1v) is 12.0. The van der Waals surface area contributed by atoms with Crippen LogP contribution in [0.5, 0.6) is 5.75 Å². The van der Waals surface area contributed by atoms with Gasteiger partial charge in [0.1, 0.15) is 12.3 Å². The van der Waals surface area contributed by atoms with Gasteiger partial charge in [-0.3, -0.25) is 19.3 Å². The van der Waals surface area contributed by atoms with Crippen molar-refractivity contribution in [1.29, 1.82) is 0 Å². The summed E-state index contributed by atoms with van der Waals surface area (Å²) in [4.78, 5) is 39.1. The number of imide groups is 1. The van der Waals surface area contributed by atoms with Crippen LogP contribution in [0.15, 0.2) is 41.3 Å². The number of nitrogens with one attached hydrogen (secondary N) is 1. The SMILES string of the molecule is CC(C)(C)c1cc(/C=C2\SC(=O)N(CC(=O)Nc3cccc(Cl)c3)C2=O)cc(C(C)(C)C)c1O. The number of phenolic OH excluding ortho intramolecular Hbond substituents is 1. The smallest absolute Gasteiger partial charge is 0.294 e. The summed E-state index contributed by atoms with van der Waals surface area (Å²) in [7, 11) is 0. The second kappa shape index (κ2) is 9.47. The minimum absolute atomic E-state index is 0.228. The molecule has 1 saturated heterocycles. The van der Waals surface area contributed by atoms with Crippen molar-refractivity contribution < 1.29 is 19.5 Å². The highest BCUT2D eigenvalue weighted by Crippen LogP contribution is 2.41. The molecular weight excluding hydrogens is 472 g/mol. The topological polar surface area (TPSA) is 86.7 Å². The Morgan fingerprint density at radius 3 is 2.18 bits per heavy atom. The summed E-state index contributed by atoms with van der Waals surface area (Å²) in [5, 5.41) is 13.5. The molecular formula is C26H29ClN2O4S. The molecule has 8 heteroatoms. The van der Waals surface area contributed by atoms with Gasteiger partial charge in [0.05, 0.1) is 4.91 Å². The van der Waals surface area contributed by atoms with E-state index >= 15 is 0 Å². The van der Waals surface area contributed by atoms with Crippen molar-refractivity contribution in [3.63, 3.8) is 0 Å². The monoisotopic (exact) mass is 500 g/mol. The minimum Gasteiger partial charge on any atom is -0.507 e. The number of nitrogens with zero attached hydrogens (tertiary/aromatic N) is 1. The van der Waals surface area contributed by atoms with Crippen LogP contribution in [-0.4, -0.2) is 33.6 Å². The maximum Gasteiger partial charge on any atom is 0.294 e. The first-order valence-electron chi connectivity index (χ1n) is 10.9. The van der Waals surface area contributed by atoms with Gasteiger partial charge < -0.3 is 10.4 Å². The van der Waals surface area contributed by atoms with Crippen molar-refractivity contribution in [3.8, 4) is 5.75 Å². The summed E-state index contributed by atoms with van der Waals surface area (Å²) < 4.78 is 0. The lowest BCUT2D eigenvalue weighted by Gasteiger charge is -2.28. The van der Waals surface area contributed by atoms with Gasteiger partial charge in [-0.2, -0.15) is 0 Å². The summed E-state index contributed by atoms with van der Waals surface area (Å²) in [6, 6.07) is 10.3. The summed E-state index contributed by atoms with van der Waals surface area (Å²) in [5.74, 6) is -0.789. The molecule has 2 aromatic rings. The number of rotatable bonds is 4. The van der Waals surface area contributed by atoms with Crippen LogP contribution in [-0.2, 0) is 20.4 Å². The van der Waals surface area contributed by atoms with E-state index in [0.717, 1.165) is 27.8 Å². The van der Waals surface area contributed by atoms with Crippen LogP contribution in [0.25, 0.3) is 6.08 Å². The molecule has 34 heavy (non-hydrogen) atoms. The standard InChI is InChI=1S/C26H29ClN2O4S/c1-25(2,3)18-10-15(11-19(22(18)31)26(4,5)6)12-20-23(32)29(24(33)34-20)14-21(30)28-17-9-7-8-16(27)13-17/h7-13,31H,14H2,1-6H3,(H,28,30)/b20-12-. The van der Waals surface area contributed by atoms with E-state index in [1.54, 1.807) is 30.3 Å². The molecule has 2 aromatic carbocycles. The number of phenols is 1. The van der Waals surface area contributed by atoms with Crippen LogP contribution in [0.1, 0.15) is 58.2 Å². The Morgan fingerprint density at radius 2 is 1.65 bits per heavy atom. The number of anilines is 1. The third kappa shape index (κ3) is 5.83. The number of thioether (sulfide) groups is 1. The third-order valence-corrected chi connectivity index (χ3v) is 6.47. The van der Waals surface area contributed by atoms with Crippen LogP contribution in [0.2, 0.25) is 5.02 Å². The predicted molar refractivity (Wildman–Crippen MR) is 138 cm³/mol. The fourth-order valence-electron chi connectivity index (χ4n) is 3.58. The third-order valence-electron chi connectivity index (χ3n) is 5.33. The molecule has 1 aliphatic heterocycles. The number of aromatic hydroxyl groups is 1. The molecule has 1 heterocycles. The summed E-state index contributed by atoms with van der Waals surface area (Å²) in [6.07, 6.45) is 1.64. The normalized spacial score (nSPS) is 15.9. The van der Waals surface area contributed by atoms with Crippen LogP contribution < -0.4 is 5.32 Å². The molecule has 0 radical (unpaired) electrons. The lowest BCUT2D eigenvalue weighted by atomic mass is 9.78. The molecule has 0 aromatic heterocycles. The van der Waals surface area contributed by atoms with Crippen LogP contribution in [0.4, 0.5) is 10.5 Å². The Bertz CT molecular complexity index is 1160. The van der Waals surface area contributed by atoms with Gasteiger partial charge in [-0.15, -0.1) is 0 Å². The number of carbonyl (C=O) groups excluding carboxylic acids is 3. The van der Waals surface area contributed by atoms with Crippen LogP contribution >= 0.6 is 23.4 Å². The van der Waals surface area contributed by atoms with E-state index in [4.69, 9.17) is 11.6 Å². The molecule has 0 bridgehead atoms. The Hall–Kier alpha value is -2.77. The average molecular weight is 501 g/mol. The van der Waals surface area contributed by atoms with Gasteiger partial charge in [0.25, 0.3) is 11.1 Å². The van der Waals surface area contributed by atoms with Gasteiger partial charge in [-0.05, 0) is 64.6 Å². The first kappa shape index (κ1) is 25.8. The Morgan fingerprint density at radius 1 is 1.06 bits per heavy atom. The summed E-state index contributed by atoms with van der Waals surface area (Å²) >= 11 is 6.73. The molecule has 0 saturated carbocycles. The molecule has 0 atom stereocenters. The molecule has 6 nitrogen and oxygen atoms in total. The number of benzene rings is 2. The quantitative estimate of drug-likeness (QED) is 0.480. The van der Waals surface area contributed by atoms with Gasteiger partial charge in [0.15, 0.2) is 0 Å². The van der Waals surface area contributed by atoms with E-state index in [1.165, 1.54) is 0 Å². The van der Waals surface area contributed by atoms with Crippen molar-refractivity contribution in [2.24, 2.45) is 0 Å². The number of hydrogen-bond donors (Lipinski definition) is 2. The van der Waals surface area contributed by atoms with Gasteiger partial charge in [-0.1, -0.05) is 59.2 Å². The summed E-state index contributed by atoms with van der Waals surface area (Å²) in [6.45, 7) is 11.6. The molecule has 3 rings (SSSR count). The van der Waals surface area contributed by atoms with E-state index in [2.05, 4.69) is 5.32 Å². The van der Waals surface area contributed by atoms with Crippen molar-refractivity contribution >= 4 is 52.2 Å². The van der Waals surface area contributed by atoms with E-state index in [0.29, 0.717) is 16.3 Å². The van der Waals surface area contributed by atoms with Crippen molar-refractivity contribution in [1.82, 2.24) is 4.90 Å². The Balaban J connectivity index is 1.88. The average Bonchev–Trinajstić information content (AvgIpc) is 2.94. The second-order valence-electron chi connectivity index (χ2n) is 10.3. The molecule has 1 fully saturated rings. The number of amides is 3. The lowest BCUT2D eigenvalue weighted by molar-refractivity contribution is -0.127. The summed E-state index contributed by atoms with van der Waals surface area (Å²) in [5.41, 5.74) is 2.05. The zero-order chi connectivity index (χ0) is 25.4. The highest BCUT2D eigenvalue weighted by molar-refractivity contribution is 8.18. The van der Waals surface area contributed by atoms with Crippen molar-refractivity contribution in [2.45, 2.75) is 52.4 Å². The van der Waals surface area contributed by atoms with E-state index < -0.39 is 23.6 Å². The zero-order valence-electron chi connectivity index (χ0n) is 20.2. The Labute approximate surface area is 209 Å². The molecule has 180 valence electrons. The first-order chi connectivity index (χ1) is 15.7. The largest absolute Gasteiger partial charge is 0.507 e. The van der Waals surface area contributed by atoms with Gasteiger partial charge in [-0.25, -0.2) is 0 Å². The van der Waals surface area contributed by atoms with Crippen molar-refractivity contribution in [2.75, 3.05) is 11.9 Å². The van der Waals surface area contributed by atoms with Gasteiger partial charge in [0.2, 0.25) is 5.91 Å². The number of halogens is 1. The molecule has 2 N–H and O–H groups in total. The Kier molecular flexibility index (Phi) is 7.20. The minimum atomic E-state index is -0.529.